The first-order chi connectivity index (χ1) is 12.0. The van der Waals surface area contributed by atoms with Crippen LogP contribution in [0.5, 0.6) is 0 Å². The van der Waals surface area contributed by atoms with Gasteiger partial charge in [-0.1, -0.05) is 31.5 Å². The second-order valence-corrected chi connectivity index (χ2v) is 7.25. The number of aromatic nitrogens is 2. The van der Waals surface area contributed by atoms with Gasteiger partial charge in [0.25, 0.3) is 6.33 Å². The Morgan fingerprint density at radius 1 is 1.00 bits per heavy atom. The number of hydrogen-bond donors (Lipinski definition) is 0. The van der Waals surface area contributed by atoms with Crippen LogP contribution in [0.15, 0.2) is 36.7 Å². The van der Waals surface area contributed by atoms with Gasteiger partial charge >= 0.3 is 0 Å². The van der Waals surface area contributed by atoms with Crippen molar-refractivity contribution < 1.29 is 4.57 Å². The lowest BCUT2D eigenvalue weighted by atomic mass is 9.91. The van der Waals surface area contributed by atoms with Crippen LogP contribution >= 0.6 is 0 Å². The van der Waals surface area contributed by atoms with Crippen LogP contribution in [0.1, 0.15) is 54.9 Å². The molecule has 25 heavy (non-hydrogen) atoms. The molecule has 0 saturated carbocycles. The molecule has 0 amide bonds. The molecule has 1 aromatic heterocycles. The summed E-state index contributed by atoms with van der Waals surface area (Å²) in [5.74, 6) is 0.617. The van der Waals surface area contributed by atoms with Gasteiger partial charge in [0.2, 0.25) is 0 Å². The molecular formula is C23H29N2+. The normalized spacial score (nSPS) is 11.5. The second-order valence-electron chi connectivity index (χ2n) is 7.25. The van der Waals surface area contributed by atoms with Crippen molar-refractivity contribution >= 4 is 10.9 Å². The summed E-state index contributed by atoms with van der Waals surface area (Å²) in [6.45, 7) is 11.1. The average Bonchev–Trinajstić information content (AvgIpc) is 2.59. The number of rotatable bonds is 4. The maximum absolute atomic E-state index is 4.72. The number of nitrogens with zero attached hydrogens (tertiary/aromatic N) is 2. The predicted octanol–water partition coefficient (Wildman–Crippen LogP) is 5.56. The Morgan fingerprint density at radius 2 is 1.72 bits per heavy atom. The van der Waals surface area contributed by atoms with E-state index in [1.807, 2.05) is 6.33 Å². The molecule has 0 N–H and O–H groups in total. The van der Waals surface area contributed by atoms with E-state index in [1.165, 1.54) is 51.7 Å². The van der Waals surface area contributed by atoms with Gasteiger partial charge in [-0.15, -0.1) is 0 Å². The van der Waals surface area contributed by atoms with Crippen LogP contribution in [0, 0.1) is 20.8 Å². The molecular weight excluding hydrogens is 304 g/mol. The topological polar surface area (TPSA) is 16.8 Å². The summed E-state index contributed by atoms with van der Waals surface area (Å²) >= 11 is 0. The van der Waals surface area contributed by atoms with Crippen molar-refractivity contribution in [2.24, 2.45) is 7.05 Å². The van der Waals surface area contributed by atoms with Crippen LogP contribution in [0.3, 0.4) is 0 Å². The first kappa shape index (κ1) is 17.6. The maximum Gasteiger partial charge on any atom is 0.287 e. The quantitative estimate of drug-likeness (QED) is 0.572. The third kappa shape index (κ3) is 3.18. The highest BCUT2D eigenvalue weighted by atomic mass is 15.0. The van der Waals surface area contributed by atoms with Gasteiger partial charge in [0.05, 0.1) is 12.4 Å². The standard InChI is InChI=1S/C23H29N2/c1-7-18(8-2)19-9-10-20-22(13-19)24-14-25(6)23(20)21-12-15(3)11-16(4)17(21)5/h9-14,18H,7-8H2,1-6H3/q+1. The minimum Gasteiger partial charge on any atom is -0.232 e. The van der Waals surface area contributed by atoms with E-state index in [-0.39, 0.29) is 0 Å². The van der Waals surface area contributed by atoms with E-state index >= 15 is 0 Å². The van der Waals surface area contributed by atoms with Crippen LogP contribution < -0.4 is 4.57 Å². The summed E-state index contributed by atoms with van der Waals surface area (Å²) in [7, 11) is 2.09. The molecule has 0 aliphatic carbocycles. The lowest BCUT2D eigenvalue weighted by molar-refractivity contribution is -0.662. The van der Waals surface area contributed by atoms with Crippen molar-refractivity contribution in [2.75, 3.05) is 0 Å². The average molecular weight is 333 g/mol. The summed E-state index contributed by atoms with van der Waals surface area (Å²) in [5.41, 5.74) is 9.05. The molecule has 0 saturated heterocycles. The highest BCUT2D eigenvalue weighted by molar-refractivity contribution is 5.92. The van der Waals surface area contributed by atoms with Crippen molar-refractivity contribution in [3.8, 4) is 11.3 Å². The lowest BCUT2D eigenvalue weighted by Gasteiger charge is -2.15. The van der Waals surface area contributed by atoms with Gasteiger partial charge in [0.1, 0.15) is 5.69 Å². The summed E-state index contributed by atoms with van der Waals surface area (Å²) in [4.78, 5) is 4.72. The molecule has 0 aliphatic rings. The van der Waals surface area contributed by atoms with Crippen molar-refractivity contribution in [1.29, 1.82) is 0 Å². The minimum absolute atomic E-state index is 0.617. The van der Waals surface area contributed by atoms with Crippen molar-refractivity contribution in [1.82, 2.24) is 4.98 Å². The maximum atomic E-state index is 4.72. The highest BCUT2D eigenvalue weighted by Crippen LogP contribution is 2.32. The first-order valence-corrected chi connectivity index (χ1v) is 9.32. The van der Waals surface area contributed by atoms with Gasteiger partial charge in [-0.25, -0.2) is 4.57 Å². The molecule has 1 heterocycles. The summed E-state index contributed by atoms with van der Waals surface area (Å²) in [6.07, 6.45) is 4.29. The molecule has 0 spiro atoms. The van der Waals surface area contributed by atoms with Crippen LogP contribution in [0.4, 0.5) is 0 Å². The van der Waals surface area contributed by atoms with Gasteiger partial charge in [0, 0.05) is 5.56 Å². The number of fused-ring (bicyclic) bond motifs is 1. The Balaban J connectivity index is 2.27. The van der Waals surface area contributed by atoms with Crippen molar-refractivity contribution in [3.05, 3.63) is 58.9 Å². The fraction of sp³-hybridized carbons (Fsp3) is 0.391. The Labute approximate surface area is 151 Å². The first-order valence-electron chi connectivity index (χ1n) is 9.32. The molecule has 3 aromatic rings. The van der Waals surface area contributed by atoms with Crippen LogP contribution in [-0.2, 0) is 7.05 Å². The minimum atomic E-state index is 0.617. The Kier molecular flexibility index (Phi) is 4.89. The molecule has 0 bridgehead atoms. The van der Waals surface area contributed by atoms with Gasteiger partial charge in [-0.05, 0) is 79.4 Å². The van der Waals surface area contributed by atoms with Crippen LogP contribution in [-0.4, -0.2) is 4.98 Å². The van der Waals surface area contributed by atoms with Crippen molar-refractivity contribution in [2.45, 2.75) is 53.4 Å². The van der Waals surface area contributed by atoms with E-state index in [0.717, 1.165) is 5.52 Å². The summed E-state index contributed by atoms with van der Waals surface area (Å²) in [6, 6.07) is 11.4. The third-order valence-electron chi connectivity index (χ3n) is 5.52. The Morgan fingerprint density at radius 3 is 2.40 bits per heavy atom. The molecule has 3 rings (SSSR count). The van der Waals surface area contributed by atoms with E-state index in [4.69, 9.17) is 4.98 Å². The molecule has 2 aromatic carbocycles. The van der Waals surface area contributed by atoms with Crippen LogP contribution in [0.2, 0.25) is 0 Å². The van der Waals surface area contributed by atoms with E-state index in [9.17, 15) is 0 Å². The highest BCUT2D eigenvalue weighted by Gasteiger charge is 2.19. The summed E-state index contributed by atoms with van der Waals surface area (Å²) in [5, 5.41) is 1.23. The number of hydrogen-bond acceptors (Lipinski definition) is 1. The number of benzene rings is 2. The molecule has 0 radical (unpaired) electrons. The molecule has 0 fully saturated rings. The van der Waals surface area contributed by atoms with Gasteiger partial charge in [-0.3, -0.25) is 0 Å². The molecule has 0 aliphatic heterocycles. The molecule has 2 heteroatoms. The predicted molar refractivity (Wildman–Crippen MR) is 106 cm³/mol. The van der Waals surface area contributed by atoms with E-state index in [1.54, 1.807) is 0 Å². The van der Waals surface area contributed by atoms with E-state index in [0.29, 0.717) is 5.92 Å². The zero-order valence-electron chi connectivity index (χ0n) is 16.4. The zero-order valence-corrected chi connectivity index (χ0v) is 16.4. The summed E-state index contributed by atoms with van der Waals surface area (Å²) < 4.78 is 2.15. The van der Waals surface area contributed by atoms with Crippen molar-refractivity contribution in [3.63, 3.8) is 0 Å². The fourth-order valence-corrected chi connectivity index (χ4v) is 3.89. The Bertz CT molecular complexity index is 921. The molecule has 130 valence electrons. The lowest BCUT2D eigenvalue weighted by Crippen LogP contribution is -2.32. The van der Waals surface area contributed by atoms with Crippen LogP contribution in [0.25, 0.3) is 22.2 Å². The van der Waals surface area contributed by atoms with Gasteiger partial charge in [0.15, 0.2) is 5.52 Å². The monoisotopic (exact) mass is 333 g/mol. The molecule has 0 unspecified atom stereocenters. The Hall–Kier alpha value is -2.22. The number of aryl methyl sites for hydroxylation is 3. The molecule has 2 nitrogen and oxygen atoms in total. The third-order valence-corrected chi connectivity index (χ3v) is 5.52. The van der Waals surface area contributed by atoms with Gasteiger partial charge < -0.3 is 0 Å². The van der Waals surface area contributed by atoms with E-state index < -0.39 is 0 Å². The smallest absolute Gasteiger partial charge is 0.232 e. The largest absolute Gasteiger partial charge is 0.287 e. The SMILES string of the molecule is CCC(CC)c1ccc2c(-c3cc(C)cc(C)c3C)[n+](C)cnc2c1. The second kappa shape index (κ2) is 6.95. The van der Waals surface area contributed by atoms with E-state index in [2.05, 4.69) is 76.6 Å². The fourth-order valence-electron chi connectivity index (χ4n) is 3.89. The zero-order chi connectivity index (χ0) is 18.1. The van der Waals surface area contributed by atoms with Gasteiger partial charge in [-0.2, -0.15) is 0 Å². The molecule has 0 atom stereocenters.